The zero-order valence-corrected chi connectivity index (χ0v) is 21.4. The van der Waals surface area contributed by atoms with Gasteiger partial charge in [0.2, 0.25) is 15.9 Å². The van der Waals surface area contributed by atoms with Gasteiger partial charge in [0.25, 0.3) is 0 Å². The van der Waals surface area contributed by atoms with Gasteiger partial charge >= 0.3 is 0 Å². The maximum atomic E-state index is 13.1. The van der Waals surface area contributed by atoms with Crippen LogP contribution in [-0.2, 0) is 14.8 Å². The highest BCUT2D eigenvalue weighted by Gasteiger charge is 2.25. The zero-order valence-electron chi connectivity index (χ0n) is 19.8. The van der Waals surface area contributed by atoms with Gasteiger partial charge < -0.3 is 10.1 Å². The third-order valence-corrected chi connectivity index (χ3v) is 6.69. The van der Waals surface area contributed by atoms with Gasteiger partial charge in [0.1, 0.15) is 12.3 Å². The zero-order chi connectivity index (χ0) is 26.4. The number of hydrogen-bond donors (Lipinski definition) is 1. The van der Waals surface area contributed by atoms with Gasteiger partial charge in [0.15, 0.2) is 11.5 Å². The van der Waals surface area contributed by atoms with E-state index in [4.69, 9.17) is 16.3 Å². The third-order valence-electron chi connectivity index (χ3n) is 5.33. The van der Waals surface area contributed by atoms with Crippen molar-refractivity contribution in [2.45, 2.75) is 0 Å². The lowest BCUT2D eigenvalue weighted by molar-refractivity contribution is -0.114. The molecular formula is C28H23ClN2O5S. The first-order valence-electron chi connectivity index (χ1n) is 11.2. The van der Waals surface area contributed by atoms with Crippen molar-refractivity contribution in [3.05, 3.63) is 119 Å². The summed E-state index contributed by atoms with van der Waals surface area (Å²) in [6.45, 7) is -0.546. The van der Waals surface area contributed by atoms with Crippen LogP contribution < -0.4 is 14.4 Å². The summed E-state index contributed by atoms with van der Waals surface area (Å²) in [5.41, 5.74) is 1.02. The molecule has 1 amide bonds. The summed E-state index contributed by atoms with van der Waals surface area (Å²) in [4.78, 5) is 26.2. The topological polar surface area (TPSA) is 92.8 Å². The molecule has 4 aromatic carbocycles. The number of hydrogen-bond acceptors (Lipinski definition) is 5. The SMILES string of the molecule is CS(=O)(=O)N(CC(=O)Nc1ccc(Cl)cc1C(=O)c1ccccc1)c1ccccc1Oc1ccccc1. The van der Waals surface area contributed by atoms with Crippen LogP contribution in [0.15, 0.2) is 103 Å². The minimum atomic E-state index is -3.89. The van der Waals surface area contributed by atoms with Crippen LogP contribution in [0.5, 0.6) is 11.5 Å². The van der Waals surface area contributed by atoms with Crippen molar-refractivity contribution in [3.8, 4) is 11.5 Å². The van der Waals surface area contributed by atoms with Crippen LogP contribution in [0.3, 0.4) is 0 Å². The quantitative estimate of drug-likeness (QED) is 0.275. The number of sulfonamides is 1. The molecule has 7 nitrogen and oxygen atoms in total. The fourth-order valence-corrected chi connectivity index (χ4v) is 4.66. The molecular weight excluding hydrogens is 512 g/mol. The fraction of sp³-hybridized carbons (Fsp3) is 0.0714. The maximum Gasteiger partial charge on any atom is 0.245 e. The third kappa shape index (κ3) is 6.55. The molecule has 0 saturated heterocycles. The molecule has 0 unspecified atom stereocenters. The number of halogens is 1. The summed E-state index contributed by atoms with van der Waals surface area (Å²) in [6, 6.07) is 28.5. The molecule has 188 valence electrons. The number of para-hydroxylation sites is 3. The van der Waals surface area contributed by atoms with Gasteiger partial charge in [-0.15, -0.1) is 0 Å². The van der Waals surface area contributed by atoms with Crippen molar-refractivity contribution >= 4 is 44.7 Å². The smallest absolute Gasteiger partial charge is 0.245 e. The number of carbonyl (C=O) groups is 2. The number of carbonyl (C=O) groups excluding carboxylic acids is 2. The lowest BCUT2D eigenvalue weighted by Crippen LogP contribution is -2.37. The minimum Gasteiger partial charge on any atom is -0.455 e. The summed E-state index contributed by atoms with van der Waals surface area (Å²) in [6.07, 6.45) is 1.01. The molecule has 0 bridgehead atoms. The van der Waals surface area contributed by atoms with Crippen LogP contribution in [-0.4, -0.2) is 32.9 Å². The Morgan fingerprint density at radius 1 is 0.865 bits per heavy atom. The van der Waals surface area contributed by atoms with Crippen LogP contribution in [0.2, 0.25) is 5.02 Å². The Labute approximate surface area is 220 Å². The number of anilines is 2. The molecule has 0 fully saturated rings. The van der Waals surface area contributed by atoms with E-state index in [1.807, 2.05) is 6.07 Å². The van der Waals surface area contributed by atoms with Crippen LogP contribution in [0, 0.1) is 0 Å². The number of ether oxygens (including phenoxy) is 1. The minimum absolute atomic E-state index is 0.186. The Bertz CT molecular complexity index is 1530. The standard InChI is InChI=1S/C28H23ClN2O5S/c1-37(34,35)31(25-14-8-9-15-26(25)36-22-12-6-3-7-13-22)19-27(32)30-24-17-16-21(29)18-23(24)28(33)20-10-4-2-5-11-20/h2-18H,19H2,1H3,(H,30,32). The van der Waals surface area contributed by atoms with E-state index in [9.17, 15) is 18.0 Å². The molecule has 0 heterocycles. The van der Waals surface area contributed by atoms with E-state index in [-0.39, 0.29) is 28.5 Å². The van der Waals surface area contributed by atoms with E-state index in [1.54, 1.807) is 78.9 Å². The molecule has 0 aliphatic carbocycles. The van der Waals surface area contributed by atoms with Crippen molar-refractivity contribution in [1.82, 2.24) is 0 Å². The van der Waals surface area contributed by atoms with Crippen molar-refractivity contribution in [2.75, 3.05) is 22.4 Å². The summed E-state index contributed by atoms with van der Waals surface area (Å²) in [5.74, 6) is -0.208. The normalized spacial score (nSPS) is 11.0. The first kappa shape index (κ1) is 25.9. The molecule has 0 atom stereocenters. The lowest BCUT2D eigenvalue weighted by Gasteiger charge is -2.24. The Balaban J connectivity index is 1.62. The predicted molar refractivity (Wildman–Crippen MR) is 145 cm³/mol. The van der Waals surface area contributed by atoms with Crippen molar-refractivity contribution in [1.29, 1.82) is 0 Å². The highest BCUT2D eigenvalue weighted by atomic mass is 35.5. The maximum absolute atomic E-state index is 13.1. The Kier molecular flexibility index (Phi) is 7.91. The number of benzene rings is 4. The average Bonchev–Trinajstić information content (AvgIpc) is 2.89. The largest absolute Gasteiger partial charge is 0.455 e. The molecule has 1 N–H and O–H groups in total. The van der Waals surface area contributed by atoms with E-state index < -0.39 is 22.5 Å². The van der Waals surface area contributed by atoms with Gasteiger partial charge in [-0.1, -0.05) is 72.3 Å². The molecule has 0 spiro atoms. The second kappa shape index (κ2) is 11.3. The molecule has 0 radical (unpaired) electrons. The number of amides is 1. The van der Waals surface area contributed by atoms with E-state index in [1.165, 1.54) is 18.2 Å². The number of nitrogens with one attached hydrogen (secondary N) is 1. The number of rotatable bonds is 9. The Morgan fingerprint density at radius 2 is 1.49 bits per heavy atom. The summed E-state index contributed by atoms with van der Waals surface area (Å²) in [7, 11) is -3.89. The van der Waals surface area contributed by atoms with Crippen LogP contribution in [0.4, 0.5) is 11.4 Å². The average molecular weight is 535 g/mol. The van der Waals surface area contributed by atoms with E-state index >= 15 is 0 Å². The number of nitrogens with zero attached hydrogens (tertiary/aromatic N) is 1. The van der Waals surface area contributed by atoms with Gasteiger partial charge in [-0.05, 0) is 42.5 Å². The van der Waals surface area contributed by atoms with Gasteiger partial charge in [0.05, 0.1) is 17.6 Å². The predicted octanol–water partition coefficient (Wildman–Crippen LogP) is 5.77. The molecule has 37 heavy (non-hydrogen) atoms. The summed E-state index contributed by atoms with van der Waals surface area (Å²) >= 11 is 6.13. The Hall–Kier alpha value is -4.14. The molecule has 0 aromatic heterocycles. The summed E-state index contributed by atoms with van der Waals surface area (Å²) in [5, 5.41) is 2.99. The molecule has 9 heteroatoms. The van der Waals surface area contributed by atoms with E-state index in [2.05, 4.69) is 5.32 Å². The first-order chi connectivity index (χ1) is 17.7. The van der Waals surface area contributed by atoms with E-state index in [0.717, 1.165) is 10.6 Å². The van der Waals surface area contributed by atoms with Crippen molar-refractivity contribution < 1.29 is 22.7 Å². The van der Waals surface area contributed by atoms with Crippen molar-refractivity contribution in [2.24, 2.45) is 0 Å². The van der Waals surface area contributed by atoms with Gasteiger partial charge in [0, 0.05) is 16.1 Å². The fourth-order valence-electron chi connectivity index (χ4n) is 3.62. The first-order valence-corrected chi connectivity index (χ1v) is 13.4. The highest BCUT2D eigenvalue weighted by Crippen LogP contribution is 2.33. The van der Waals surface area contributed by atoms with E-state index in [0.29, 0.717) is 16.3 Å². The van der Waals surface area contributed by atoms with Gasteiger partial charge in [-0.25, -0.2) is 8.42 Å². The van der Waals surface area contributed by atoms with Crippen LogP contribution >= 0.6 is 11.6 Å². The summed E-state index contributed by atoms with van der Waals surface area (Å²) < 4.78 is 32.4. The highest BCUT2D eigenvalue weighted by molar-refractivity contribution is 7.92. The molecule has 4 aromatic rings. The van der Waals surface area contributed by atoms with Gasteiger partial charge in [-0.3, -0.25) is 13.9 Å². The van der Waals surface area contributed by atoms with Gasteiger partial charge in [-0.2, -0.15) is 0 Å². The monoisotopic (exact) mass is 534 g/mol. The number of ketones is 1. The lowest BCUT2D eigenvalue weighted by atomic mass is 10.0. The molecule has 0 aliphatic rings. The second-order valence-corrected chi connectivity index (χ2v) is 10.4. The molecule has 0 saturated carbocycles. The Morgan fingerprint density at radius 3 is 2.16 bits per heavy atom. The molecule has 4 rings (SSSR count). The van der Waals surface area contributed by atoms with Crippen molar-refractivity contribution in [3.63, 3.8) is 0 Å². The van der Waals surface area contributed by atoms with Crippen LogP contribution in [0.25, 0.3) is 0 Å². The second-order valence-electron chi connectivity index (χ2n) is 8.09. The molecule has 0 aliphatic heterocycles. The van der Waals surface area contributed by atoms with Crippen LogP contribution in [0.1, 0.15) is 15.9 Å².